The first-order valence-corrected chi connectivity index (χ1v) is 9.58. The van der Waals surface area contributed by atoms with E-state index in [2.05, 4.69) is 32.0 Å². The van der Waals surface area contributed by atoms with Gasteiger partial charge in [-0.05, 0) is 19.3 Å². The Kier molecular flexibility index (Phi) is 3.39. The fourth-order valence-corrected chi connectivity index (χ4v) is 4.69. The summed E-state index contributed by atoms with van der Waals surface area (Å²) in [5, 5.41) is 10.8. The van der Waals surface area contributed by atoms with Crippen LogP contribution in [-0.4, -0.2) is 42.0 Å². The van der Waals surface area contributed by atoms with E-state index in [0.717, 1.165) is 43.1 Å². The van der Waals surface area contributed by atoms with E-state index >= 15 is 0 Å². The van der Waals surface area contributed by atoms with Gasteiger partial charge in [-0.3, -0.25) is 9.36 Å². The number of hydrogen-bond donors (Lipinski definition) is 0. The monoisotopic (exact) mass is 367 g/mol. The Balaban J connectivity index is 1.58. The highest BCUT2D eigenvalue weighted by Gasteiger charge is 2.49. The Morgan fingerprint density at radius 1 is 1.38 bits per heavy atom. The van der Waals surface area contributed by atoms with Crippen LogP contribution in [0.1, 0.15) is 47.6 Å². The van der Waals surface area contributed by atoms with Crippen molar-refractivity contribution in [3.63, 3.8) is 0 Å². The fourth-order valence-electron chi connectivity index (χ4n) is 4.11. The first-order valence-electron chi connectivity index (χ1n) is 8.70. The van der Waals surface area contributed by atoms with Gasteiger partial charge in [-0.15, -0.1) is 21.5 Å². The van der Waals surface area contributed by atoms with E-state index in [1.807, 2.05) is 4.57 Å². The molecule has 0 amide bonds. The van der Waals surface area contributed by atoms with E-state index in [4.69, 9.17) is 4.98 Å². The zero-order chi connectivity index (χ0) is 17.7. The summed E-state index contributed by atoms with van der Waals surface area (Å²) < 4.78 is 1.99. The summed E-state index contributed by atoms with van der Waals surface area (Å²) in [6, 6.07) is 0. The number of nitrogens with zero attached hydrogens (tertiary/aromatic N) is 7. The first kappa shape index (κ1) is 15.6. The van der Waals surface area contributed by atoms with Gasteiger partial charge in [0.1, 0.15) is 23.4 Å². The van der Waals surface area contributed by atoms with Gasteiger partial charge in [-0.1, -0.05) is 6.92 Å². The number of fused-ring (bicyclic) bond motifs is 6. The molecule has 0 N–H and O–H groups in total. The quantitative estimate of drug-likeness (QED) is 0.653. The summed E-state index contributed by atoms with van der Waals surface area (Å²) in [6.07, 6.45) is 8.34. The largest absolute Gasteiger partial charge is 0.342 e. The SMILES string of the molecule is CC[C@@]12CCCN1c1nc(CC(=O)c3nccs3)ncc1-n1cnnc12. The van der Waals surface area contributed by atoms with E-state index in [0.29, 0.717) is 10.8 Å². The van der Waals surface area contributed by atoms with Crippen LogP contribution in [0.5, 0.6) is 0 Å². The van der Waals surface area contributed by atoms with Crippen molar-refractivity contribution in [1.29, 1.82) is 0 Å². The molecule has 26 heavy (non-hydrogen) atoms. The third-order valence-electron chi connectivity index (χ3n) is 5.34. The predicted octanol–water partition coefficient (Wildman–Crippen LogP) is 2.16. The number of aromatic nitrogens is 6. The first-order chi connectivity index (χ1) is 12.7. The average molecular weight is 367 g/mol. The van der Waals surface area contributed by atoms with Gasteiger partial charge in [0, 0.05) is 18.1 Å². The van der Waals surface area contributed by atoms with Gasteiger partial charge in [0.25, 0.3) is 0 Å². The maximum Gasteiger partial charge on any atom is 0.198 e. The van der Waals surface area contributed by atoms with Crippen molar-refractivity contribution in [2.45, 2.75) is 38.1 Å². The van der Waals surface area contributed by atoms with E-state index in [-0.39, 0.29) is 17.7 Å². The molecule has 0 radical (unpaired) electrons. The van der Waals surface area contributed by atoms with Crippen molar-refractivity contribution in [3.8, 4) is 5.69 Å². The van der Waals surface area contributed by atoms with Crippen LogP contribution in [0.3, 0.4) is 0 Å². The average Bonchev–Trinajstić information content (AvgIpc) is 3.41. The van der Waals surface area contributed by atoms with Crippen LogP contribution >= 0.6 is 11.3 Å². The van der Waals surface area contributed by atoms with Crippen LogP contribution < -0.4 is 4.90 Å². The minimum atomic E-state index is -0.172. The lowest BCUT2D eigenvalue weighted by Gasteiger charge is -2.42. The summed E-state index contributed by atoms with van der Waals surface area (Å²) in [5.41, 5.74) is 0.704. The molecule has 5 rings (SSSR count). The predicted molar refractivity (Wildman–Crippen MR) is 95.6 cm³/mol. The molecule has 8 nitrogen and oxygen atoms in total. The zero-order valence-electron chi connectivity index (χ0n) is 14.3. The Morgan fingerprint density at radius 2 is 2.31 bits per heavy atom. The maximum absolute atomic E-state index is 12.4. The van der Waals surface area contributed by atoms with Crippen LogP contribution in [-0.2, 0) is 12.0 Å². The number of carbonyl (C=O) groups is 1. The lowest BCUT2D eigenvalue weighted by Crippen LogP contribution is -2.46. The molecule has 5 heterocycles. The molecule has 3 aromatic rings. The summed E-state index contributed by atoms with van der Waals surface area (Å²) in [6.45, 7) is 3.10. The highest BCUT2D eigenvalue weighted by atomic mass is 32.1. The molecule has 132 valence electrons. The molecule has 1 saturated heterocycles. The minimum absolute atomic E-state index is 0.0519. The van der Waals surface area contributed by atoms with Gasteiger partial charge in [-0.2, -0.15) is 0 Å². The highest BCUT2D eigenvalue weighted by Crippen LogP contribution is 2.48. The molecule has 0 aliphatic carbocycles. The lowest BCUT2D eigenvalue weighted by molar-refractivity contribution is 0.0990. The Labute approximate surface area is 154 Å². The number of thiazole rings is 1. The van der Waals surface area contributed by atoms with Gasteiger partial charge in [0.2, 0.25) is 0 Å². The zero-order valence-corrected chi connectivity index (χ0v) is 15.1. The third-order valence-corrected chi connectivity index (χ3v) is 6.16. The molecular weight excluding hydrogens is 350 g/mol. The summed E-state index contributed by atoms with van der Waals surface area (Å²) in [4.78, 5) is 28.0. The van der Waals surface area contributed by atoms with Crippen molar-refractivity contribution in [1.82, 2.24) is 29.7 Å². The smallest absolute Gasteiger partial charge is 0.198 e. The second-order valence-electron chi connectivity index (χ2n) is 6.60. The van der Waals surface area contributed by atoms with Crippen LogP contribution in [0.25, 0.3) is 5.69 Å². The van der Waals surface area contributed by atoms with Gasteiger partial charge in [0.15, 0.2) is 22.4 Å². The Bertz CT molecular complexity index is 983. The van der Waals surface area contributed by atoms with Crippen molar-refractivity contribution in [3.05, 3.63) is 40.8 Å². The lowest BCUT2D eigenvalue weighted by atomic mass is 9.90. The van der Waals surface area contributed by atoms with Crippen LogP contribution in [0, 0.1) is 0 Å². The van der Waals surface area contributed by atoms with E-state index in [1.165, 1.54) is 11.3 Å². The second-order valence-corrected chi connectivity index (χ2v) is 7.49. The molecule has 3 aromatic heterocycles. The van der Waals surface area contributed by atoms with Crippen LogP contribution in [0.4, 0.5) is 5.82 Å². The number of rotatable bonds is 4. The molecule has 0 bridgehead atoms. The Hall–Kier alpha value is -2.68. The molecule has 9 heteroatoms. The Morgan fingerprint density at radius 3 is 3.12 bits per heavy atom. The molecule has 2 aliphatic heterocycles. The standard InChI is InChI=1S/C17H17N7OS/c1-2-17-4-3-6-24(17)14-11(23-10-20-22-16(17)23)9-19-13(21-14)8-12(25)15-18-5-7-26-15/h5,7,9-10H,2-4,6,8H2,1H3/t17-/m0/s1. The van der Waals surface area contributed by atoms with Crippen molar-refractivity contribution < 1.29 is 4.79 Å². The third kappa shape index (κ3) is 2.06. The number of Topliss-reactive ketones (excluding diaryl/α,β-unsaturated/α-hetero) is 1. The summed E-state index contributed by atoms with van der Waals surface area (Å²) >= 11 is 1.34. The molecule has 1 atom stereocenters. The summed E-state index contributed by atoms with van der Waals surface area (Å²) in [7, 11) is 0. The van der Waals surface area contributed by atoms with E-state index in [1.54, 1.807) is 24.1 Å². The van der Waals surface area contributed by atoms with Gasteiger partial charge in [-0.25, -0.2) is 15.0 Å². The highest BCUT2D eigenvalue weighted by molar-refractivity contribution is 7.11. The van der Waals surface area contributed by atoms with Crippen molar-refractivity contribution >= 4 is 22.9 Å². The van der Waals surface area contributed by atoms with Gasteiger partial charge < -0.3 is 4.90 Å². The number of ketones is 1. The number of carbonyl (C=O) groups excluding carboxylic acids is 1. The van der Waals surface area contributed by atoms with Gasteiger partial charge in [0.05, 0.1) is 12.6 Å². The van der Waals surface area contributed by atoms with Crippen molar-refractivity contribution in [2.24, 2.45) is 0 Å². The van der Waals surface area contributed by atoms with Gasteiger partial charge >= 0.3 is 0 Å². The van der Waals surface area contributed by atoms with Crippen LogP contribution in [0.15, 0.2) is 24.1 Å². The van der Waals surface area contributed by atoms with Crippen molar-refractivity contribution in [2.75, 3.05) is 11.4 Å². The van der Waals surface area contributed by atoms with E-state index < -0.39 is 0 Å². The summed E-state index contributed by atoms with van der Waals surface area (Å²) in [5.74, 6) is 2.30. The molecule has 0 unspecified atom stereocenters. The van der Waals surface area contributed by atoms with E-state index in [9.17, 15) is 4.79 Å². The topological polar surface area (TPSA) is 89.7 Å². The minimum Gasteiger partial charge on any atom is -0.342 e. The molecule has 2 aliphatic rings. The number of hydrogen-bond acceptors (Lipinski definition) is 8. The van der Waals surface area contributed by atoms with Crippen LogP contribution in [0.2, 0.25) is 0 Å². The fraction of sp³-hybridized carbons (Fsp3) is 0.412. The molecule has 1 fully saturated rings. The molecule has 0 saturated carbocycles. The molecular formula is C17H17N7OS. The normalized spacial score (nSPS) is 20.6. The maximum atomic E-state index is 12.4. The molecule has 0 spiro atoms. The molecule has 0 aromatic carbocycles. The number of anilines is 1. The second kappa shape index (κ2) is 5.66.